The molecule has 0 fully saturated rings. The van der Waals surface area contributed by atoms with Crippen molar-refractivity contribution in [2.24, 2.45) is 0 Å². The van der Waals surface area contributed by atoms with Gasteiger partial charge in [0.05, 0.1) is 18.8 Å². The highest BCUT2D eigenvalue weighted by molar-refractivity contribution is 7.08. The summed E-state index contributed by atoms with van der Waals surface area (Å²) >= 11 is 1.71. The van der Waals surface area contributed by atoms with Crippen molar-refractivity contribution in [2.75, 3.05) is 6.61 Å². The summed E-state index contributed by atoms with van der Waals surface area (Å²) in [6, 6.07) is 2.13. The lowest BCUT2D eigenvalue weighted by atomic mass is 9.94. The third-order valence-electron chi connectivity index (χ3n) is 3.36. The molecule has 1 aliphatic carbocycles. The van der Waals surface area contributed by atoms with Crippen LogP contribution < -0.4 is 0 Å². The average molecular weight is 248 g/mol. The van der Waals surface area contributed by atoms with E-state index in [1.807, 2.05) is 4.68 Å². The summed E-state index contributed by atoms with van der Waals surface area (Å²) in [6.07, 6.45) is 4.74. The first-order valence-corrected chi connectivity index (χ1v) is 7.06. The Labute approximate surface area is 105 Å². The molecule has 0 atom stereocenters. The van der Waals surface area contributed by atoms with Crippen molar-refractivity contribution in [1.29, 1.82) is 0 Å². The zero-order valence-electron chi connectivity index (χ0n) is 9.72. The maximum atomic E-state index is 9.10. The van der Waals surface area contributed by atoms with Gasteiger partial charge in [-0.15, -0.1) is 0 Å². The highest BCUT2D eigenvalue weighted by Crippen LogP contribution is 2.32. The number of aliphatic hydroxyl groups excluding tert-OH is 1. The molecule has 3 rings (SSSR count). The summed E-state index contributed by atoms with van der Waals surface area (Å²) in [7, 11) is 0. The number of rotatable bonds is 3. The Morgan fingerprint density at radius 1 is 1.35 bits per heavy atom. The number of hydrogen-bond acceptors (Lipinski definition) is 3. The maximum absolute atomic E-state index is 9.10. The molecular weight excluding hydrogens is 232 g/mol. The van der Waals surface area contributed by atoms with Gasteiger partial charge in [-0.2, -0.15) is 16.4 Å². The average Bonchev–Trinajstić information content (AvgIpc) is 2.97. The standard InChI is InChI=1S/C13H16N2OS/c16-7-6-15-12-4-2-1-3-11(12)13(14-15)10-5-8-17-9-10/h5,8-9,16H,1-4,6-7H2. The van der Waals surface area contributed by atoms with E-state index >= 15 is 0 Å². The molecule has 4 heteroatoms. The summed E-state index contributed by atoms with van der Waals surface area (Å²) in [6.45, 7) is 0.781. The quantitative estimate of drug-likeness (QED) is 0.906. The van der Waals surface area contributed by atoms with E-state index in [0.29, 0.717) is 6.54 Å². The van der Waals surface area contributed by atoms with Crippen LogP contribution in [0.4, 0.5) is 0 Å². The van der Waals surface area contributed by atoms with E-state index in [0.717, 1.165) is 18.5 Å². The molecule has 3 nitrogen and oxygen atoms in total. The van der Waals surface area contributed by atoms with Crippen LogP contribution in [0, 0.1) is 0 Å². The first kappa shape index (κ1) is 11.0. The lowest BCUT2D eigenvalue weighted by molar-refractivity contribution is 0.267. The van der Waals surface area contributed by atoms with Gasteiger partial charge in [-0.1, -0.05) is 0 Å². The van der Waals surface area contributed by atoms with Crippen LogP contribution >= 0.6 is 11.3 Å². The second kappa shape index (κ2) is 4.63. The molecule has 0 amide bonds. The normalized spacial score (nSPS) is 14.9. The van der Waals surface area contributed by atoms with E-state index < -0.39 is 0 Å². The van der Waals surface area contributed by atoms with Crippen LogP contribution in [0.25, 0.3) is 11.3 Å². The lowest BCUT2D eigenvalue weighted by Crippen LogP contribution is -2.11. The summed E-state index contributed by atoms with van der Waals surface area (Å²) in [5.74, 6) is 0. The van der Waals surface area contributed by atoms with Gasteiger partial charge in [0.15, 0.2) is 0 Å². The number of nitrogens with zero attached hydrogens (tertiary/aromatic N) is 2. The smallest absolute Gasteiger partial charge is 0.0966 e. The first-order valence-electron chi connectivity index (χ1n) is 6.12. The molecule has 0 aliphatic heterocycles. The van der Waals surface area contributed by atoms with Gasteiger partial charge in [-0.25, -0.2) is 0 Å². The Balaban J connectivity index is 2.09. The summed E-state index contributed by atoms with van der Waals surface area (Å²) in [5, 5.41) is 18.0. The summed E-state index contributed by atoms with van der Waals surface area (Å²) in [4.78, 5) is 0. The van der Waals surface area contributed by atoms with E-state index in [2.05, 4.69) is 21.9 Å². The van der Waals surface area contributed by atoms with Crippen LogP contribution in [-0.4, -0.2) is 21.5 Å². The molecule has 2 aromatic rings. The van der Waals surface area contributed by atoms with Crippen molar-refractivity contribution >= 4 is 11.3 Å². The molecule has 0 spiro atoms. The van der Waals surface area contributed by atoms with Crippen LogP contribution in [0.3, 0.4) is 0 Å². The minimum absolute atomic E-state index is 0.164. The molecule has 0 saturated heterocycles. The molecule has 0 unspecified atom stereocenters. The fraction of sp³-hybridized carbons (Fsp3) is 0.462. The molecule has 1 N–H and O–H groups in total. The molecule has 2 aromatic heterocycles. The van der Waals surface area contributed by atoms with Crippen molar-refractivity contribution in [3.8, 4) is 11.3 Å². The Kier molecular flexibility index (Phi) is 2.99. The minimum Gasteiger partial charge on any atom is -0.394 e. The minimum atomic E-state index is 0.164. The van der Waals surface area contributed by atoms with Crippen molar-refractivity contribution < 1.29 is 5.11 Å². The molecule has 2 heterocycles. The molecule has 1 aliphatic rings. The molecule has 17 heavy (non-hydrogen) atoms. The monoisotopic (exact) mass is 248 g/mol. The zero-order chi connectivity index (χ0) is 11.7. The van der Waals surface area contributed by atoms with Crippen LogP contribution in [0.1, 0.15) is 24.1 Å². The van der Waals surface area contributed by atoms with Gasteiger partial charge in [-0.3, -0.25) is 4.68 Å². The van der Waals surface area contributed by atoms with Crippen molar-refractivity contribution in [3.05, 3.63) is 28.1 Å². The Morgan fingerprint density at radius 2 is 2.24 bits per heavy atom. The summed E-state index contributed by atoms with van der Waals surface area (Å²) in [5.41, 5.74) is 5.11. The number of aliphatic hydroxyl groups is 1. The predicted octanol–water partition coefficient (Wildman–Crippen LogP) is 2.48. The topological polar surface area (TPSA) is 38.0 Å². The highest BCUT2D eigenvalue weighted by atomic mass is 32.1. The van der Waals surface area contributed by atoms with Crippen molar-refractivity contribution in [1.82, 2.24) is 9.78 Å². The molecule has 0 saturated carbocycles. The van der Waals surface area contributed by atoms with Gasteiger partial charge in [0, 0.05) is 22.2 Å². The Hall–Kier alpha value is -1.13. The van der Waals surface area contributed by atoms with Crippen LogP contribution in [0.5, 0.6) is 0 Å². The van der Waals surface area contributed by atoms with Gasteiger partial charge >= 0.3 is 0 Å². The fourth-order valence-corrected chi connectivity index (χ4v) is 3.22. The van der Waals surface area contributed by atoms with Crippen LogP contribution in [-0.2, 0) is 19.4 Å². The Morgan fingerprint density at radius 3 is 3.00 bits per heavy atom. The highest BCUT2D eigenvalue weighted by Gasteiger charge is 2.21. The van der Waals surface area contributed by atoms with E-state index in [1.165, 1.54) is 29.7 Å². The number of hydrogen-bond donors (Lipinski definition) is 1. The van der Waals surface area contributed by atoms with E-state index in [-0.39, 0.29) is 6.61 Å². The number of thiophene rings is 1. The lowest BCUT2D eigenvalue weighted by Gasteiger charge is -2.13. The van der Waals surface area contributed by atoms with Gasteiger partial charge < -0.3 is 5.11 Å². The van der Waals surface area contributed by atoms with Crippen molar-refractivity contribution in [3.63, 3.8) is 0 Å². The van der Waals surface area contributed by atoms with E-state index in [1.54, 1.807) is 11.3 Å². The molecule has 90 valence electrons. The third kappa shape index (κ3) is 1.91. The fourth-order valence-electron chi connectivity index (χ4n) is 2.58. The third-order valence-corrected chi connectivity index (χ3v) is 4.05. The number of fused-ring (bicyclic) bond motifs is 1. The van der Waals surface area contributed by atoms with Crippen molar-refractivity contribution in [2.45, 2.75) is 32.2 Å². The van der Waals surface area contributed by atoms with Gasteiger partial charge in [0.25, 0.3) is 0 Å². The van der Waals surface area contributed by atoms with Gasteiger partial charge in [0.2, 0.25) is 0 Å². The van der Waals surface area contributed by atoms with E-state index in [4.69, 9.17) is 5.11 Å². The Bertz CT molecular complexity index is 502. The molecule has 0 bridgehead atoms. The van der Waals surface area contributed by atoms with Crippen LogP contribution in [0.2, 0.25) is 0 Å². The zero-order valence-corrected chi connectivity index (χ0v) is 10.5. The molecule has 0 radical (unpaired) electrons. The second-order valence-corrected chi connectivity index (χ2v) is 5.22. The maximum Gasteiger partial charge on any atom is 0.0966 e. The molecule has 0 aromatic carbocycles. The van der Waals surface area contributed by atoms with E-state index in [9.17, 15) is 0 Å². The van der Waals surface area contributed by atoms with Crippen LogP contribution in [0.15, 0.2) is 16.8 Å². The number of aromatic nitrogens is 2. The predicted molar refractivity (Wildman–Crippen MR) is 69.3 cm³/mol. The van der Waals surface area contributed by atoms with Gasteiger partial charge in [-0.05, 0) is 37.1 Å². The SMILES string of the molecule is OCCn1nc(-c2ccsc2)c2c1CCCC2. The molecular formula is C13H16N2OS. The first-order chi connectivity index (χ1) is 8.40. The summed E-state index contributed by atoms with van der Waals surface area (Å²) < 4.78 is 2.00. The largest absolute Gasteiger partial charge is 0.394 e. The second-order valence-electron chi connectivity index (χ2n) is 4.44. The van der Waals surface area contributed by atoms with Gasteiger partial charge in [0.1, 0.15) is 0 Å².